The van der Waals surface area contributed by atoms with Crippen LogP contribution >= 0.6 is 0 Å². The lowest BCUT2D eigenvalue weighted by Crippen LogP contribution is -2.37. The minimum Gasteiger partial charge on any atom is -0.358 e. The van der Waals surface area contributed by atoms with Crippen molar-refractivity contribution >= 4 is 23.2 Å². The molecule has 0 fully saturated rings. The van der Waals surface area contributed by atoms with Crippen LogP contribution in [-0.2, 0) is 0 Å². The van der Waals surface area contributed by atoms with Gasteiger partial charge in [0.15, 0.2) is 16.1 Å². The molecule has 128 valence electrons. The molecule has 2 N–H and O–H groups in total. The fourth-order valence-electron chi connectivity index (χ4n) is 2.56. The highest BCUT2D eigenvalue weighted by Gasteiger charge is 2.37. The standard InChI is InChI=1S/C15H14N6O4/c1-8-13(19-18-9(2)15(21(24)25)20(19)17-8)14(23)16-12-6-4-5-11(7-12)10(3)22/h4-7H,1-3H3,(H-,16,17,18,23)/p+1. The number of nitrogens with zero attached hydrogens (tertiary/aromatic N) is 4. The number of benzene rings is 1. The second-order valence-corrected chi connectivity index (χ2v) is 5.54. The first-order chi connectivity index (χ1) is 11.8. The van der Waals surface area contributed by atoms with E-state index in [1.165, 1.54) is 18.5 Å². The number of ketones is 1. The molecular formula is C15H15N6O4+. The fourth-order valence-corrected chi connectivity index (χ4v) is 2.56. The lowest BCUT2D eigenvalue weighted by atomic mass is 10.1. The van der Waals surface area contributed by atoms with Gasteiger partial charge >= 0.3 is 17.4 Å². The van der Waals surface area contributed by atoms with E-state index in [0.29, 0.717) is 16.9 Å². The van der Waals surface area contributed by atoms with Gasteiger partial charge in [0, 0.05) is 22.8 Å². The normalized spacial score (nSPS) is 10.8. The molecule has 1 aromatic carbocycles. The topological polar surface area (TPSA) is 126 Å². The summed E-state index contributed by atoms with van der Waals surface area (Å²) in [5, 5.41) is 20.6. The van der Waals surface area contributed by atoms with E-state index in [0.717, 1.165) is 4.63 Å². The van der Waals surface area contributed by atoms with Crippen molar-refractivity contribution in [1.29, 1.82) is 0 Å². The molecule has 0 aliphatic heterocycles. The molecule has 3 rings (SSSR count). The molecule has 0 radical (unpaired) electrons. The van der Waals surface area contributed by atoms with Crippen LogP contribution in [0.5, 0.6) is 0 Å². The van der Waals surface area contributed by atoms with Gasteiger partial charge < -0.3 is 15.4 Å². The second kappa shape index (κ2) is 5.82. The highest BCUT2D eigenvalue weighted by atomic mass is 16.6. The van der Waals surface area contributed by atoms with Crippen LogP contribution in [0.1, 0.15) is 39.2 Å². The zero-order valence-corrected chi connectivity index (χ0v) is 13.7. The molecule has 0 atom stereocenters. The van der Waals surface area contributed by atoms with E-state index in [-0.39, 0.29) is 23.0 Å². The number of nitrogens with one attached hydrogen (secondary N) is 2. The van der Waals surface area contributed by atoms with Crippen molar-refractivity contribution < 1.29 is 19.1 Å². The molecule has 0 saturated carbocycles. The molecule has 10 nitrogen and oxygen atoms in total. The molecule has 0 bridgehead atoms. The number of aromatic nitrogens is 4. The van der Waals surface area contributed by atoms with Gasteiger partial charge in [-0.25, -0.2) is 0 Å². The average Bonchev–Trinajstić information content (AvgIpc) is 2.99. The molecule has 2 heterocycles. The Balaban J connectivity index is 2.02. The number of Topliss-reactive ketones (excluding diaryl/α,β-unsaturated/α-hetero) is 1. The van der Waals surface area contributed by atoms with E-state index in [4.69, 9.17) is 0 Å². The summed E-state index contributed by atoms with van der Waals surface area (Å²) in [4.78, 5) is 34.7. The number of carbonyl (C=O) groups excluding carboxylic acids is 2. The van der Waals surface area contributed by atoms with Gasteiger partial charge in [0.25, 0.3) is 5.69 Å². The zero-order chi connectivity index (χ0) is 18.3. The van der Waals surface area contributed by atoms with E-state index in [9.17, 15) is 19.7 Å². The van der Waals surface area contributed by atoms with Gasteiger partial charge in [-0.15, -0.1) is 0 Å². The Bertz CT molecular complexity index is 1030. The van der Waals surface area contributed by atoms with Gasteiger partial charge in [-0.2, -0.15) is 5.10 Å². The zero-order valence-electron chi connectivity index (χ0n) is 13.7. The van der Waals surface area contributed by atoms with E-state index >= 15 is 0 Å². The molecule has 0 unspecified atom stereocenters. The third-order valence-electron chi connectivity index (χ3n) is 3.70. The number of H-pyrrole nitrogens is 1. The lowest BCUT2D eigenvalue weighted by molar-refractivity contribution is -0.682. The van der Waals surface area contributed by atoms with Gasteiger partial charge in [-0.1, -0.05) is 12.1 Å². The number of nitro groups is 1. The van der Waals surface area contributed by atoms with E-state index < -0.39 is 10.8 Å². The molecule has 3 aromatic rings. The van der Waals surface area contributed by atoms with Gasteiger partial charge in [-0.3, -0.25) is 9.59 Å². The minimum atomic E-state index is -0.573. The van der Waals surface area contributed by atoms with E-state index in [1.54, 1.807) is 31.2 Å². The maximum Gasteiger partial charge on any atom is 0.436 e. The van der Waals surface area contributed by atoms with Crippen LogP contribution in [0.15, 0.2) is 24.3 Å². The van der Waals surface area contributed by atoms with Crippen LogP contribution in [0.2, 0.25) is 0 Å². The van der Waals surface area contributed by atoms with Crippen molar-refractivity contribution in [3.8, 4) is 0 Å². The first kappa shape index (κ1) is 16.3. The SMILES string of the molecule is CC(=O)c1cccc(NC(=O)c2c(C)nn3c([N+](=O)[O-])c(C)[nH][n+]23)c1. The summed E-state index contributed by atoms with van der Waals surface area (Å²) >= 11 is 0. The molecule has 25 heavy (non-hydrogen) atoms. The highest BCUT2D eigenvalue weighted by molar-refractivity contribution is 6.03. The predicted molar refractivity (Wildman–Crippen MR) is 85.7 cm³/mol. The first-order valence-electron chi connectivity index (χ1n) is 7.36. The number of anilines is 1. The minimum absolute atomic E-state index is 0.120. The number of aryl methyl sites for hydroxylation is 2. The van der Waals surface area contributed by atoms with Gasteiger partial charge in [0.05, 0.1) is 0 Å². The van der Waals surface area contributed by atoms with Crippen LogP contribution in [-0.4, -0.2) is 31.4 Å². The fraction of sp³-hybridized carbons (Fsp3) is 0.200. The van der Waals surface area contributed by atoms with Crippen molar-refractivity contribution in [2.24, 2.45) is 0 Å². The van der Waals surface area contributed by atoms with Crippen LogP contribution in [0.3, 0.4) is 0 Å². The Morgan fingerprint density at radius 2 is 2.08 bits per heavy atom. The number of hydrogen-bond donors (Lipinski definition) is 2. The molecule has 1 amide bonds. The monoisotopic (exact) mass is 343 g/mol. The molecular weight excluding hydrogens is 328 g/mol. The quantitative estimate of drug-likeness (QED) is 0.319. The summed E-state index contributed by atoms with van der Waals surface area (Å²) in [5.74, 6) is -0.875. The van der Waals surface area contributed by atoms with E-state index in [1.807, 2.05) is 0 Å². The van der Waals surface area contributed by atoms with Crippen LogP contribution in [0.25, 0.3) is 0 Å². The predicted octanol–water partition coefficient (Wildman–Crippen LogP) is 1.23. The Kier molecular flexibility index (Phi) is 3.79. The number of carbonyl (C=O) groups is 2. The number of hydrogen-bond acceptors (Lipinski definition) is 5. The smallest absolute Gasteiger partial charge is 0.358 e. The summed E-state index contributed by atoms with van der Waals surface area (Å²) in [5.41, 5.74) is 1.62. The highest BCUT2D eigenvalue weighted by Crippen LogP contribution is 2.15. The van der Waals surface area contributed by atoms with E-state index in [2.05, 4.69) is 15.5 Å². The molecule has 0 aliphatic carbocycles. The summed E-state index contributed by atoms with van der Waals surface area (Å²) in [7, 11) is 0. The average molecular weight is 343 g/mol. The number of rotatable bonds is 4. The van der Waals surface area contributed by atoms with Crippen molar-refractivity contribution in [1.82, 2.24) is 14.8 Å². The third-order valence-corrected chi connectivity index (χ3v) is 3.70. The maximum absolute atomic E-state index is 12.6. The van der Waals surface area contributed by atoms with Crippen molar-refractivity contribution in [3.05, 3.63) is 57.0 Å². The Labute approximate surface area is 141 Å². The Morgan fingerprint density at radius 1 is 1.36 bits per heavy atom. The largest absolute Gasteiger partial charge is 0.436 e. The van der Waals surface area contributed by atoms with Crippen LogP contribution < -0.4 is 9.95 Å². The molecule has 0 saturated heterocycles. The Morgan fingerprint density at radius 3 is 2.72 bits per heavy atom. The lowest BCUT2D eigenvalue weighted by Gasteiger charge is -2.03. The van der Waals surface area contributed by atoms with Gasteiger partial charge in [-0.05, 0) is 30.9 Å². The molecule has 2 aromatic heterocycles. The van der Waals surface area contributed by atoms with Crippen LogP contribution in [0, 0.1) is 24.0 Å². The summed E-state index contributed by atoms with van der Waals surface area (Å²) in [6.07, 6.45) is 0. The summed E-state index contributed by atoms with van der Waals surface area (Å²) in [6, 6.07) is 6.51. The number of aromatic amines is 1. The number of amides is 1. The molecule has 0 aliphatic rings. The maximum atomic E-state index is 12.6. The first-order valence-corrected chi connectivity index (χ1v) is 7.36. The van der Waals surface area contributed by atoms with Crippen molar-refractivity contribution in [2.45, 2.75) is 20.8 Å². The molecule has 0 spiro atoms. The van der Waals surface area contributed by atoms with Crippen molar-refractivity contribution in [2.75, 3.05) is 5.32 Å². The molecule has 10 heteroatoms. The second-order valence-electron chi connectivity index (χ2n) is 5.54. The third kappa shape index (κ3) is 2.73. The number of fused-ring (bicyclic) bond motifs is 1. The summed E-state index contributed by atoms with van der Waals surface area (Å²) in [6.45, 7) is 4.53. The Hall–Kier alpha value is -3.56. The summed E-state index contributed by atoms with van der Waals surface area (Å²) < 4.78 is 2.25. The van der Waals surface area contributed by atoms with Crippen LogP contribution in [0.4, 0.5) is 11.5 Å². The van der Waals surface area contributed by atoms with Gasteiger partial charge in [0.2, 0.25) is 0 Å². The van der Waals surface area contributed by atoms with Crippen molar-refractivity contribution in [3.63, 3.8) is 0 Å². The van der Waals surface area contributed by atoms with Gasteiger partial charge in [0.1, 0.15) is 5.10 Å².